The maximum Gasteiger partial charge on any atom is 0.266 e. The molecule has 2 aromatic heterocycles. The van der Waals surface area contributed by atoms with Crippen LogP contribution in [0.25, 0.3) is 21.9 Å². The second kappa shape index (κ2) is 6.44. The fourth-order valence-corrected chi connectivity index (χ4v) is 2.96. The third kappa shape index (κ3) is 3.06. The summed E-state index contributed by atoms with van der Waals surface area (Å²) in [6, 6.07) is 9.54. The lowest BCUT2D eigenvalue weighted by Gasteiger charge is -2.06. The van der Waals surface area contributed by atoms with Gasteiger partial charge in [0.2, 0.25) is 0 Å². The minimum atomic E-state index is -0.287. The van der Waals surface area contributed by atoms with Gasteiger partial charge in [-0.2, -0.15) is 0 Å². The zero-order valence-corrected chi connectivity index (χ0v) is 13.7. The lowest BCUT2D eigenvalue weighted by Crippen LogP contribution is -2.25. The molecule has 6 nitrogen and oxygen atoms in total. The standard InChI is InChI=1S/C19H15FN4O2/c20-13-2-3-14-12(9-22-16(14)8-13)5-6-21-19(26)11-1-4-15-17(7-11)23-10-18(25)24-15/h1-4,7-10,22H,5-6H2,(H,21,26)(H,24,25). The van der Waals surface area contributed by atoms with Crippen molar-refractivity contribution in [1.29, 1.82) is 0 Å². The number of amides is 1. The average molecular weight is 350 g/mol. The monoisotopic (exact) mass is 350 g/mol. The molecule has 3 N–H and O–H groups in total. The molecule has 0 aliphatic rings. The topological polar surface area (TPSA) is 90.6 Å². The third-order valence-corrected chi connectivity index (χ3v) is 4.25. The third-order valence-electron chi connectivity index (χ3n) is 4.25. The highest BCUT2D eigenvalue weighted by molar-refractivity contribution is 5.97. The van der Waals surface area contributed by atoms with E-state index in [4.69, 9.17) is 0 Å². The highest BCUT2D eigenvalue weighted by Gasteiger charge is 2.09. The molecule has 26 heavy (non-hydrogen) atoms. The van der Waals surface area contributed by atoms with Crippen molar-refractivity contribution in [3.63, 3.8) is 0 Å². The van der Waals surface area contributed by atoms with E-state index in [1.165, 1.54) is 18.3 Å². The van der Waals surface area contributed by atoms with E-state index in [-0.39, 0.29) is 17.3 Å². The van der Waals surface area contributed by atoms with Crippen LogP contribution in [0.2, 0.25) is 0 Å². The van der Waals surface area contributed by atoms with Crippen molar-refractivity contribution < 1.29 is 9.18 Å². The van der Waals surface area contributed by atoms with Gasteiger partial charge in [0.05, 0.1) is 17.2 Å². The van der Waals surface area contributed by atoms with Crippen LogP contribution in [-0.2, 0) is 6.42 Å². The van der Waals surface area contributed by atoms with Crippen molar-refractivity contribution >= 4 is 27.8 Å². The van der Waals surface area contributed by atoms with Crippen molar-refractivity contribution in [2.75, 3.05) is 6.54 Å². The number of aromatic nitrogens is 3. The fourth-order valence-electron chi connectivity index (χ4n) is 2.96. The zero-order valence-electron chi connectivity index (χ0n) is 13.7. The number of hydrogen-bond donors (Lipinski definition) is 3. The molecule has 4 aromatic rings. The van der Waals surface area contributed by atoms with Crippen molar-refractivity contribution in [3.05, 3.63) is 76.1 Å². The van der Waals surface area contributed by atoms with Crippen molar-refractivity contribution in [2.24, 2.45) is 0 Å². The van der Waals surface area contributed by atoms with Gasteiger partial charge in [-0.15, -0.1) is 0 Å². The molecule has 2 aromatic carbocycles. The lowest BCUT2D eigenvalue weighted by atomic mass is 10.1. The van der Waals surface area contributed by atoms with E-state index in [1.807, 2.05) is 6.20 Å². The Morgan fingerprint density at radius 1 is 1.15 bits per heavy atom. The van der Waals surface area contributed by atoms with Gasteiger partial charge >= 0.3 is 0 Å². The molecule has 0 radical (unpaired) electrons. The predicted octanol–water partition coefficient (Wildman–Crippen LogP) is 2.52. The largest absolute Gasteiger partial charge is 0.361 e. The number of aromatic amines is 2. The van der Waals surface area contributed by atoms with Crippen LogP contribution in [-0.4, -0.2) is 27.4 Å². The summed E-state index contributed by atoms with van der Waals surface area (Å²) in [6.45, 7) is 0.445. The summed E-state index contributed by atoms with van der Waals surface area (Å²) in [5.41, 5.74) is 3.07. The molecule has 0 spiro atoms. The molecule has 130 valence electrons. The summed E-state index contributed by atoms with van der Waals surface area (Å²) >= 11 is 0. The molecule has 0 bridgehead atoms. The number of benzene rings is 2. The van der Waals surface area contributed by atoms with Crippen LogP contribution in [0.3, 0.4) is 0 Å². The van der Waals surface area contributed by atoms with Gasteiger partial charge in [0.1, 0.15) is 5.82 Å². The number of rotatable bonds is 4. The van der Waals surface area contributed by atoms with Gasteiger partial charge in [0.15, 0.2) is 0 Å². The highest BCUT2D eigenvalue weighted by atomic mass is 19.1. The summed E-state index contributed by atoms with van der Waals surface area (Å²) in [4.78, 5) is 33.3. The maximum absolute atomic E-state index is 13.2. The fraction of sp³-hybridized carbons (Fsp3) is 0.105. The number of carbonyl (C=O) groups excluding carboxylic acids is 1. The molecule has 0 atom stereocenters. The van der Waals surface area contributed by atoms with E-state index in [0.717, 1.165) is 16.5 Å². The van der Waals surface area contributed by atoms with E-state index in [0.29, 0.717) is 29.6 Å². The average Bonchev–Trinajstić information content (AvgIpc) is 3.03. The summed E-state index contributed by atoms with van der Waals surface area (Å²) in [7, 11) is 0. The number of nitrogens with zero attached hydrogens (tertiary/aromatic N) is 1. The van der Waals surface area contributed by atoms with Crippen LogP contribution >= 0.6 is 0 Å². The van der Waals surface area contributed by atoms with Crippen LogP contribution in [0.4, 0.5) is 4.39 Å². The Hall–Kier alpha value is -3.48. The van der Waals surface area contributed by atoms with Crippen LogP contribution in [0, 0.1) is 5.82 Å². The van der Waals surface area contributed by atoms with E-state index in [9.17, 15) is 14.0 Å². The molecule has 0 saturated carbocycles. The number of fused-ring (bicyclic) bond motifs is 2. The first-order valence-corrected chi connectivity index (χ1v) is 8.13. The number of nitrogens with one attached hydrogen (secondary N) is 3. The molecular formula is C19H15FN4O2. The highest BCUT2D eigenvalue weighted by Crippen LogP contribution is 2.19. The second-order valence-corrected chi connectivity index (χ2v) is 5.99. The Morgan fingerprint density at radius 2 is 2.04 bits per heavy atom. The second-order valence-electron chi connectivity index (χ2n) is 5.99. The van der Waals surface area contributed by atoms with Crippen LogP contribution < -0.4 is 10.9 Å². The first-order valence-electron chi connectivity index (χ1n) is 8.13. The minimum absolute atomic E-state index is 0.217. The Kier molecular flexibility index (Phi) is 3.96. The molecule has 0 aliphatic heterocycles. The van der Waals surface area contributed by atoms with Gasteiger partial charge < -0.3 is 15.3 Å². The van der Waals surface area contributed by atoms with E-state index in [1.54, 1.807) is 24.3 Å². The van der Waals surface area contributed by atoms with Gasteiger partial charge in [0.25, 0.3) is 11.5 Å². The van der Waals surface area contributed by atoms with E-state index in [2.05, 4.69) is 20.3 Å². The number of H-pyrrole nitrogens is 2. The van der Waals surface area contributed by atoms with Gasteiger partial charge in [-0.25, -0.2) is 9.37 Å². The first-order chi connectivity index (χ1) is 12.6. The Bertz CT molecular complexity index is 1180. The summed E-state index contributed by atoms with van der Waals surface area (Å²) < 4.78 is 13.2. The van der Waals surface area contributed by atoms with E-state index >= 15 is 0 Å². The molecule has 0 fully saturated rings. The number of carbonyl (C=O) groups is 1. The summed E-state index contributed by atoms with van der Waals surface area (Å²) in [5.74, 6) is -0.503. The number of hydrogen-bond acceptors (Lipinski definition) is 3. The van der Waals surface area contributed by atoms with Gasteiger partial charge in [-0.05, 0) is 48.4 Å². The number of halogens is 1. The van der Waals surface area contributed by atoms with Gasteiger partial charge in [0, 0.05) is 29.2 Å². The Labute approximate surface area is 147 Å². The quantitative estimate of drug-likeness (QED) is 0.528. The Balaban J connectivity index is 1.45. The molecule has 7 heteroatoms. The Morgan fingerprint density at radius 3 is 2.92 bits per heavy atom. The zero-order chi connectivity index (χ0) is 18.1. The normalized spacial score (nSPS) is 11.1. The van der Waals surface area contributed by atoms with Crippen LogP contribution in [0.15, 0.2) is 53.6 Å². The molecule has 0 saturated heterocycles. The van der Waals surface area contributed by atoms with Crippen LogP contribution in [0.5, 0.6) is 0 Å². The van der Waals surface area contributed by atoms with E-state index < -0.39 is 0 Å². The first kappa shape index (κ1) is 16.0. The SMILES string of the molecule is O=C(NCCc1c[nH]c2cc(F)ccc12)c1ccc2[nH]c(=O)cnc2c1. The molecule has 4 rings (SSSR count). The molecule has 0 unspecified atom stereocenters. The van der Waals surface area contributed by atoms with Crippen molar-refractivity contribution in [1.82, 2.24) is 20.3 Å². The van der Waals surface area contributed by atoms with Crippen molar-refractivity contribution in [2.45, 2.75) is 6.42 Å². The predicted molar refractivity (Wildman–Crippen MR) is 96.7 cm³/mol. The molecule has 2 heterocycles. The lowest BCUT2D eigenvalue weighted by molar-refractivity contribution is 0.0954. The summed E-state index contributed by atoms with van der Waals surface area (Å²) in [6.07, 6.45) is 3.63. The van der Waals surface area contributed by atoms with Crippen LogP contribution in [0.1, 0.15) is 15.9 Å². The minimum Gasteiger partial charge on any atom is -0.361 e. The maximum atomic E-state index is 13.2. The molecule has 1 amide bonds. The van der Waals surface area contributed by atoms with Crippen molar-refractivity contribution in [3.8, 4) is 0 Å². The van der Waals surface area contributed by atoms with Gasteiger partial charge in [-0.3, -0.25) is 9.59 Å². The molecule has 0 aliphatic carbocycles. The molecular weight excluding hydrogens is 335 g/mol. The van der Waals surface area contributed by atoms with Gasteiger partial charge in [-0.1, -0.05) is 0 Å². The smallest absolute Gasteiger partial charge is 0.266 e. The summed E-state index contributed by atoms with van der Waals surface area (Å²) in [5, 5.41) is 3.81.